The summed E-state index contributed by atoms with van der Waals surface area (Å²) in [6, 6.07) is 47.6. The highest BCUT2D eigenvalue weighted by molar-refractivity contribution is 6.27. The van der Waals surface area contributed by atoms with Crippen molar-refractivity contribution < 1.29 is 4.42 Å². The van der Waals surface area contributed by atoms with Crippen molar-refractivity contribution >= 4 is 65.6 Å². The minimum absolute atomic E-state index is 0.923. The van der Waals surface area contributed by atoms with Crippen LogP contribution in [0.5, 0.6) is 0 Å². The lowest BCUT2D eigenvalue weighted by Gasteiger charge is -2.11. The highest BCUT2D eigenvalue weighted by atomic mass is 16.3. The van der Waals surface area contributed by atoms with Gasteiger partial charge in [0, 0.05) is 43.7 Å². The first kappa shape index (κ1) is 20.7. The molecule has 0 amide bonds. The lowest BCUT2D eigenvalue weighted by molar-refractivity contribution is 0.669. The molecule has 0 spiro atoms. The highest BCUT2D eigenvalue weighted by Crippen LogP contribution is 2.41. The summed E-state index contributed by atoms with van der Waals surface area (Å²) in [5, 5.41) is 7.35. The van der Waals surface area contributed by atoms with E-state index in [2.05, 4.69) is 130 Å². The van der Waals surface area contributed by atoms with Crippen molar-refractivity contribution in [3.8, 4) is 11.4 Å². The quantitative estimate of drug-likeness (QED) is 0.233. The fraction of sp³-hybridized carbons (Fsp3) is 0. The predicted octanol–water partition coefficient (Wildman–Crippen LogP) is 9.78. The Bertz CT molecular complexity index is 2330. The van der Waals surface area contributed by atoms with Crippen molar-refractivity contribution in [2.45, 2.75) is 0 Å². The molecule has 182 valence electrons. The summed E-state index contributed by atoms with van der Waals surface area (Å²) in [6.07, 6.45) is 0. The first-order valence-corrected chi connectivity index (χ1v) is 13.3. The van der Waals surface area contributed by atoms with E-state index in [-0.39, 0.29) is 0 Å². The Morgan fingerprint density at radius 2 is 0.821 bits per heavy atom. The van der Waals surface area contributed by atoms with Crippen molar-refractivity contribution in [1.82, 2.24) is 9.13 Å². The van der Waals surface area contributed by atoms with Crippen LogP contribution in [0, 0.1) is 0 Å². The average molecular weight is 499 g/mol. The number of rotatable bonds is 2. The van der Waals surface area contributed by atoms with Gasteiger partial charge in [0.15, 0.2) is 0 Å². The Labute approximate surface area is 223 Å². The van der Waals surface area contributed by atoms with Crippen molar-refractivity contribution in [3.63, 3.8) is 0 Å². The molecule has 0 aliphatic rings. The third kappa shape index (κ3) is 2.76. The molecule has 0 fully saturated rings. The molecular formula is C36H22N2O. The monoisotopic (exact) mass is 498 g/mol. The molecule has 3 aromatic heterocycles. The molecule has 3 heterocycles. The number of para-hydroxylation sites is 4. The first-order chi connectivity index (χ1) is 19.4. The molecule has 9 rings (SSSR count). The zero-order valence-corrected chi connectivity index (χ0v) is 21.0. The van der Waals surface area contributed by atoms with Crippen LogP contribution < -0.4 is 0 Å². The Morgan fingerprint density at radius 1 is 0.333 bits per heavy atom. The number of furan rings is 1. The van der Waals surface area contributed by atoms with Gasteiger partial charge in [0.25, 0.3) is 0 Å². The van der Waals surface area contributed by atoms with Gasteiger partial charge >= 0.3 is 0 Å². The molecule has 0 radical (unpaired) electrons. The molecule has 39 heavy (non-hydrogen) atoms. The van der Waals surface area contributed by atoms with Crippen LogP contribution in [-0.4, -0.2) is 9.13 Å². The second kappa shape index (κ2) is 7.62. The van der Waals surface area contributed by atoms with Gasteiger partial charge < -0.3 is 13.6 Å². The van der Waals surface area contributed by atoms with Gasteiger partial charge in [-0.15, -0.1) is 0 Å². The van der Waals surface area contributed by atoms with E-state index in [1.165, 1.54) is 49.0 Å². The molecule has 0 bridgehead atoms. The zero-order valence-electron chi connectivity index (χ0n) is 21.0. The molecule has 9 aromatic rings. The second-order valence-corrected chi connectivity index (χ2v) is 10.2. The Hall–Kier alpha value is -5.28. The van der Waals surface area contributed by atoms with Crippen LogP contribution in [0.4, 0.5) is 0 Å². The summed E-state index contributed by atoms with van der Waals surface area (Å²) in [5.41, 5.74) is 8.95. The second-order valence-electron chi connectivity index (χ2n) is 10.2. The van der Waals surface area contributed by atoms with Crippen LogP contribution in [0.15, 0.2) is 138 Å². The lowest BCUT2D eigenvalue weighted by Crippen LogP contribution is -1.97. The first-order valence-electron chi connectivity index (χ1n) is 13.3. The van der Waals surface area contributed by atoms with Crippen LogP contribution in [0.1, 0.15) is 0 Å². The third-order valence-corrected chi connectivity index (χ3v) is 8.12. The van der Waals surface area contributed by atoms with Gasteiger partial charge in [0.1, 0.15) is 11.2 Å². The van der Waals surface area contributed by atoms with Crippen LogP contribution in [-0.2, 0) is 0 Å². The van der Waals surface area contributed by atoms with E-state index in [0.717, 1.165) is 27.9 Å². The zero-order chi connectivity index (χ0) is 25.5. The van der Waals surface area contributed by atoms with E-state index in [1.54, 1.807) is 0 Å². The van der Waals surface area contributed by atoms with E-state index in [1.807, 2.05) is 12.1 Å². The Balaban J connectivity index is 1.31. The summed E-state index contributed by atoms with van der Waals surface area (Å²) >= 11 is 0. The third-order valence-electron chi connectivity index (χ3n) is 8.12. The maximum absolute atomic E-state index is 6.24. The fourth-order valence-electron chi connectivity index (χ4n) is 6.50. The van der Waals surface area contributed by atoms with Crippen LogP contribution in [0.25, 0.3) is 76.9 Å². The van der Waals surface area contributed by atoms with Crippen molar-refractivity contribution in [1.29, 1.82) is 0 Å². The molecule has 3 nitrogen and oxygen atoms in total. The number of nitrogens with zero attached hydrogens (tertiary/aromatic N) is 2. The van der Waals surface area contributed by atoms with Gasteiger partial charge in [-0.1, -0.05) is 72.8 Å². The number of hydrogen-bond donors (Lipinski definition) is 0. The van der Waals surface area contributed by atoms with E-state index in [4.69, 9.17) is 4.42 Å². The van der Waals surface area contributed by atoms with Gasteiger partial charge in [-0.05, 0) is 60.7 Å². The minimum Gasteiger partial charge on any atom is -0.456 e. The summed E-state index contributed by atoms with van der Waals surface area (Å²) in [5.74, 6) is 0. The molecule has 0 N–H and O–H groups in total. The fourth-order valence-corrected chi connectivity index (χ4v) is 6.50. The molecule has 6 aromatic carbocycles. The highest BCUT2D eigenvalue weighted by Gasteiger charge is 2.18. The van der Waals surface area contributed by atoms with E-state index in [9.17, 15) is 0 Å². The summed E-state index contributed by atoms with van der Waals surface area (Å²) in [4.78, 5) is 0. The smallest absolute Gasteiger partial charge is 0.136 e. The molecule has 3 heteroatoms. The molecule has 0 saturated carbocycles. The standard InChI is InChI=1S/C36H22N2O/c1-5-13-29-25(9-1)26-10-2-6-14-30(26)37(29)23-17-19-24(20-18-23)38-31-15-7-3-11-27(31)35-32(38)21-22-34-36(35)28-12-4-8-16-33(28)39-34/h1-22H. The van der Waals surface area contributed by atoms with Crippen molar-refractivity contribution in [3.05, 3.63) is 133 Å². The molecular weight excluding hydrogens is 476 g/mol. The van der Waals surface area contributed by atoms with Gasteiger partial charge in [-0.25, -0.2) is 0 Å². The maximum atomic E-state index is 6.24. The van der Waals surface area contributed by atoms with E-state index in [0.29, 0.717) is 0 Å². The molecule has 0 aliphatic carbocycles. The van der Waals surface area contributed by atoms with Gasteiger partial charge in [0.05, 0.1) is 22.1 Å². The number of benzene rings is 6. The predicted molar refractivity (Wildman–Crippen MR) is 162 cm³/mol. The molecule has 0 aliphatic heterocycles. The van der Waals surface area contributed by atoms with E-state index < -0.39 is 0 Å². The number of hydrogen-bond acceptors (Lipinski definition) is 1. The number of aromatic nitrogens is 2. The van der Waals surface area contributed by atoms with Crippen LogP contribution in [0.2, 0.25) is 0 Å². The van der Waals surface area contributed by atoms with Gasteiger partial charge in [-0.3, -0.25) is 0 Å². The number of fused-ring (bicyclic) bond motifs is 10. The van der Waals surface area contributed by atoms with E-state index >= 15 is 0 Å². The SMILES string of the molecule is c1ccc2c(c1)oc1ccc3c(c4ccccc4n3-c3ccc(-n4c5ccccc5c5ccccc54)cc3)c12. The van der Waals surface area contributed by atoms with Crippen LogP contribution >= 0.6 is 0 Å². The molecule has 0 atom stereocenters. The molecule has 0 unspecified atom stereocenters. The van der Waals surface area contributed by atoms with Crippen molar-refractivity contribution in [2.24, 2.45) is 0 Å². The van der Waals surface area contributed by atoms with Crippen molar-refractivity contribution in [2.75, 3.05) is 0 Å². The molecule has 0 saturated heterocycles. The average Bonchev–Trinajstić information content (AvgIpc) is 3.65. The van der Waals surface area contributed by atoms with Gasteiger partial charge in [-0.2, -0.15) is 0 Å². The largest absolute Gasteiger partial charge is 0.456 e. The lowest BCUT2D eigenvalue weighted by atomic mass is 10.1. The summed E-state index contributed by atoms with van der Waals surface area (Å²) < 4.78 is 11.0. The minimum atomic E-state index is 0.923. The van der Waals surface area contributed by atoms with Gasteiger partial charge in [0.2, 0.25) is 0 Å². The normalized spacial score (nSPS) is 12.1. The topological polar surface area (TPSA) is 23.0 Å². The summed E-state index contributed by atoms with van der Waals surface area (Å²) in [7, 11) is 0. The summed E-state index contributed by atoms with van der Waals surface area (Å²) in [6.45, 7) is 0. The Kier molecular flexibility index (Phi) is 4.05. The maximum Gasteiger partial charge on any atom is 0.136 e. The van der Waals surface area contributed by atoms with Crippen LogP contribution in [0.3, 0.4) is 0 Å². The Morgan fingerprint density at radius 3 is 1.46 bits per heavy atom.